The second-order valence-electron chi connectivity index (χ2n) is 17.0. The van der Waals surface area contributed by atoms with Gasteiger partial charge in [-0.1, -0.05) is 164 Å². The predicted molar refractivity (Wildman–Crippen MR) is 256 cm³/mol. The van der Waals surface area contributed by atoms with Crippen molar-refractivity contribution in [2.75, 3.05) is 0 Å². The number of benzene rings is 10. The van der Waals surface area contributed by atoms with Crippen LogP contribution in [0.5, 0.6) is 0 Å². The molecule has 4 heterocycles. The molecule has 1 N–H and O–H groups in total. The molecule has 0 aliphatic carbocycles. The number of hydrogen-bond acceptors (Lipinski definition) is 3. The Morgan fingerprint density at radius 3 is 1.65 bits per heavy atom. The SMILES string of the molecule is c1ccc(C2N3C(c4ccc5ccccc5c4)NC(c4ccc5ccccc5c4-n4c5ccc(-n6c7ccccc7c7ccccc76)cc5c5cc6ccccc6cc54)N23)cc1. The molecule has 2 aromatic heterocycles. The molecule has 2 fully saturated rings. The zero-order valence-corrected chi connectivity index (χ0v) is 33.7. The Morgan fingerprint density at radius 1 is 0.323 bits per heavy atom. The molecule has 2 aliphatic heterocycles. The lowest BCUT2D eigenvalue weighted by Gasteiger charge is -2.25. The van der Waals surface area contributed by atoms with E-state index in [0.717, 1.165) is 5.69 Å². The molecule has 5 heteroatoms. The lowest BCUT2D eigenvalue weighted by atomic mass is 10.00. The fourth-order valence-electron chi connectivity index (χ4n) is 10.9. The standard InChI is InChI=1S/C57H39N5/c1-2-16-38(17-3-1)57-61-55(42-27-26-36-14-4-5-18-39(36)32-42)58-56(62(57)61)47-30-28-37-15-8-9-21-44(37)54(47)60-52-31-29-43(35-49(52)48-33-40-19-6-7-20-41(40)34-53(48)60)59-50-24-12-10-22-45(50)46-23-11-13-25-51(46)59/h1-35,55-58H. The first-order valence-electron chi connectivity index (χ1n) is 21.6. The number of para-hydroxylation sites is 2. The number of hydrogen-bond donors (Lipinski definition) is 1. The molecule has 5 atom stereocenters. The van der Waals surface area contributed by atoms with E-state index >= 15 is 0 Å². The highest BCUT2D eigenvalue weighted by atomic mass is 15.9. The van der Waals surface area contributed by atoms with Gasteiger partial charge in [0.05, 0.1) is 27.8 Å². The van der Waals surface area contributed by atoms with E-state index in [1.807, 2.05) is 0 Å². The highest BCUT2D eigenvalue weighted by molar-refractivity contribution is 6.16. The minimum Gasteiger partial charge on any atom is -0.309 e. The van der Waals surface area contributed by atoms with Crippen LogP contribution in [0.4, 0.5) is 0 Å². The van der Waals surface area contributed by atoms with Gasteiger partial charge in [0.15, 0.2) is 0 Å². The van der Waals surface area contributed by atoms with Crippen molar-refractivity contribution in [2.24, 2.45) is 0 Å². The van der Waals surface area contributed by atoms with E-state index in [2.05, 4.69) is 237 Å². The van der Waals surface area contributed by atoms with Crippen molar-refractivity contribution in [2.45, 2.75) is 18.5 Å². The monoisotopic (exact) mass is 793 g/mol. The van der Waals surface area contributed by atoms with E-state index < -0.39 is 0 Å². The van der Waals surface area contributed by atoms with E-state index in [9.17, 15) is 0 Å². The van der Waals surface area contributed by atoms with Gasteiger partial charge in [-0.15, -0.1) is 0 Å². The van der Waals surface area contributed by atoms with Crippen LogP contribution in [0, 0.1) is 0 Å². The summed E-state index contributed by atoms with van der Waals surface area (Å²) in [4.78, 5) is 0. The number of fused-ring (bicyclic) bond motifs is 10. The van der Waals surface area contributed by atoms with Gasteiger partial charge in [0, 0.05) is 38.2 Å². The van der Waals surface area contributed by atoms with E-state index in [-0.39, 0.29) is 18.5 Å². The Kier molecular flexibility index (Phi) is 7.16. The van der Waals surface area contributed by atoms with Crippen molar-refractivity contribution in [3.63, 3.8) is 0 Å². The first kappa shape index (κ1) is 34.2. The molecule has 2 aliphatic rings. The Morgan fingerprint density at radius 2 is 0.887 bits per heavy atom. The molecule has 12 aromatic rings. The van der Waals surface area contributed by atoms with E-state index in [1.165, 1.54) is 98.3 Å². The van der Waals surface area contributed by atoms with Crippen LogP contribution in [0.2, 0.25) is 0 Å². The predicted octanol–water partition coefficient (Wildman–Crippen LogP) is 13.9. The van der Waals surface area contributed by atoms with Crippen molar-refractivity contribution in [1.29, 1.82) is 0 Å². The van der Waals surface area contributed by atoms with Gasteiger partial charge in [0.25, 0.3) is 0 Å². The van der Waals surface area contributed by atoms with E-state index in [4.69, 9.17) is 0 Å². The van der Waals surface area contributed by atoms with Gasteiger partial charge in [0.1, 0.15) is 18.5 Å². The van der Waals surface area contributed by atoms with Crippen molar-refractivity contribution in [1.82, 2.24) is 24.5 Å². The van der Waals surface area contributed by atoms with Crippen LogP contribution in [-0.2, 0) is 0 Å². The minimum atomic E-state index is -0.0962. The van der Waals surface area contributed by atoms with Gasteiger partial charge in [-0.3, -0.25) is 5.32 Å². The van der Waals surface area contributed by atoms with Crippen molar-refractivity contribution < 1.29 is 0 Å². The van der Waals surface area contributed by atoms with Crippen LogP contribution in [0.15, 0.2) is 212 Å². The normalized spacial score (nSPS) is 19.7. The quantitative estimate of drug-likeness (QED) is 0.176. The molecule has 0 bridgehead atoms. The third-order valence-electron chi connectivity index (χ3n) is 13.6. The maximum atomic E-state index is 4.18. The maximum absolute atomic E-state index is 4.18. The molecule has 0 saturated carbocycles. The number of rotatable bonds is 5. The van der Waals surface area contributed by atoms with Gasteiger partial charge in [-0.05, 0) is 86.6 Å². The summed E-state index contributed by atoms with van der Waals surface area (Å²) in [6.45, 7) is 0. The second kappa shape index (κ2) is 13.0. The number of aromatic nitrogens is 2. The van der Waals surface area contributed by atoms with Crippen molar-refractivity contribution in [3.05, 3.63) is 229 Å². The zero-order chi connectivity index (χ0) is 40.5. The van der Waals surface area contributed by atoms with Crippen LogP contribution >= 0.6 is 0 Å². The fourth-order valence-corrected chi connectivity index (χ4v) is 10.9. The lowest BCUT2D eigenvalue weighted by Crippen LogP contribution is -2.28. The molecular weight excluding hydrogens is 755 g/mol. The van der Waals surface area contributed by atoms with Gasteiger partial charge in [0.2, 0.25) is 0 Å². The van der Waals surface area contributed by atoms with Crippen LogP contribution in [0.25, 0.3) is 87.3 Å². The fraction of sp³-hybridized carbons (Fsp3) is 0.0526. The first-order valence-corrected chi connectivity index (χ1v) is 21.6. The summed E-state index contributed by atoms with van der Waals surface area (Å²) in [5.41, 5.74) is 11.0. The molecule has 62 heavy (non-hydrogen) atoms. The summed E-state index contributed by atoms with van der Waals surface area (Å²) < 4.78 is 5.01. The summed E-state index contributed by atoms with van der Waals surface area (Å²) in [7, 11) is 0. The Balaban J connectivity index is 1.03. The number of nitrogens with zero attached hydrogens (tertiary/aromatic N) is 4. The molecule has 0 amide bonds. The molecule has 0 radical (unpaired) electrons. The van der Waals surface area contributed by atoms with Gasteiger partial charge < -0.3 is 9.13 Å². The Hall–Kier alpha value is -7.54. The van der Waals surface area contributed by atoms with Gasteiger partial charge in [-0.2, -0.15) is 10.0 Å². The Bertz CT molecular complexity index is 3730. The van der Waals surface area contributed by atoms with E-state index in [1.54, 1.807) is 0 Å². The maximum Gasteiger partial charge on any atom is 0.119 e. The smallest absolute Gasteiger partial charge is 0.119 e. The molecule has 5 nitrogen and oxygen atoms in total. The highest BCUT2D eigenvalue weighted by Crippen LogP contribution is 2.58. The summed E-state index contributed by atoms with van der Waals surface area (Å²) >= 11 is 0. The largest absolute Gasteiger partial charge is 0.309 e. The third-order valence-corrected chi connectivity index (χ3v) is 13.6. The van der Waals surface area contributed by atoms with Crippen molar-refractivity contribution >= 4 is 75.9 Å². The summed E-state index contributed by atoms with van der Waals surface area (Å²) in [6, 6.07) is 78.5. The minimum absolute atomic E-state index is 0.00926. The van der Waals surface area contributed by atoms with Gasteiger partial charge >= 0.3 is 0 Å². The van der Waals surface area contributed by atoms with Crippen molar-refractivity contribution in [3.8, 4) is 11.4 Å². The van der Waals surface area contributed by atoms with Crippen LogP contribution in [-0.4, -0.2) is 19.2 Å². The molecule has 5 unspecified atom stereocenters. The third kappa shape index (κ3) is 4.90. The molecule has 2 saturated heterocycles. The second-order valence-corrected chi connectivity index (χ2v) is 17.0. The molecule has 10 aromatic carbocycles. The van der Waals surface area contributed by atoms with Crippen LogP contribution < -0.4 is 5.32 Å². The topological polar surface area (TPSA) is 27.9 Å². The lowest BCUT2D eigenvalue weighted by molar-refractivity contribution is 0.314. The molecule has 14 rings (SSSR count). The average molecular weight is 794 g/mol. The Labute approximate surface area is 357 Å². The average Bonchev–Trinajstić information content (AvgIpc) is 3.62. The highest BCUT2D eigenvalue weighted by Gasteiger charge is 2.60. The van der Waals surface area contributed by atoms with Crippen LogP contribution in [0.3, 0.4) is 0 Å². The number of hydrazine groups is 1. The molecule has 0 spiro atoms. The number of nitrogens with one attached hydrogen (secondary N) is 1. The zero-order valence-electron chi connectivity index (χ0n) is 33.7. The van der Waals surface area contributed by atoms with Crippen LogP contribution in [0.1, 0.15) is 35.2 Å². The molecular formula is C57H39N5. The molecule has 292 valence electrons. The summed E-state index contributed by atoms with van der Waals surface area (Å²) in [6.07, 6.45) is 0.0280. The first-order chi connectivity index (χ1) is 30.8. The van der Waals surface area contributed by atoms with Gasteiger partial charge in [-0.25, -0.2) is 0 Å². The van der Waals surface area contributed by atoms with E-state index in [0.29, 0.717) is 0 Å². The summed E-state index contributed by atoms with van der Waals surface area (Å²) in [5.74, 6) is 0. The summed E-state index contributed by atoms with van der Waals surface area (Å²) in [5, 5.41) is 21.7.